The zero-order valence-electron chi connectivity index (χ0n) is 20.7. The number of rotatable bonds is 6. The Morgan fingerprint density at radius 2 is 1.78 bits per heavy atom. The third-order valence-electron chi connectivity index (χ3n) is 7.11. The van der Waals surface area contributed by atoms with Crippen molar-refractivity contribution >= 4 is 21.6 Å². The highest BCUT2D eigenvalue weighted by molar-refractivity contribution is 7.92. The van der Waals surface area contributed by atoms with Gasteiger partial charge in [-0.1, -0.05) is 49.4 Å². The number of hydrogen-bond acceptors (Lipinski definition) is 4. The molecule has 2 aliphatic rings. The number of amides is 1. The van der Waals surface area contributed by atoms with E-state index in [9.17, 15) is 13.2 Å². The Kier molecular flexibility index (Phi) is 6.75. The maximum Gasteiger partial charge on any atom is 0.264 e. The van der Waals surface area contributed by atoms with Crippen molar-refractivity contribution in [3.05, 3.63) is 89.0 Å². The van der Waals surface area contributed by atoms with Gasteiger partial charge in [-0.15, -0.1) is 0 Å². The van der Waals surface area contributed by atoms with Crippen LogP contribution in [0.15, 0.2) is 71.6 Å². The van der Waals surface area contributed by atoms with Crippen LogP contribution in [0.5, 0.6) is 5.75 Å². The largest absolute Gasteiger partial charge is 0.476 e. The molecule has 1 amide bonds. The third-order valence-corrected chi connectivity index (χ3v) is 8.90. The van der Waals surface area contributed by atoms with E-state index in [1.54, 1.807) is 42.5 Å². The van der Waals surface area contributed by atoms with Crippen LogP contribution in [0.3, 0.4) is 0 Å². The van der Waals surface area contributed by atoms with Crippen LogP contribution in [-0.2, 0) is 27.7 Å². The molecule has 5 rings (SSSR count). The maximum absolute atomic E-state index is 13.6. The molecule has 188 valence electrons. The summed E-state index contributed by atoms with van der Waals surface area (Å²) in [6.45, 7) is 3.85. The van der Waals surface area contributed by atoms with E-state index in [0.717, 1.165) is 30.4 Å². The van der Waals surface area contributed by atoms with E-state index in [1.807, 2.05) is 19.9 Å². The van der Waals surface area contributed by atoms with Crippen molar-refractivity contribution < 1.29 is 17.9 Å². The van der Waals surface area contributed by atoms with Crippen LogP contribution in [0, 0.1) is 6.92 Å². The second-order valence-electron chi connectivity index (χ2n) is 9.63. The second-order valence-corrected chi connectivity index (χ2v) is 11.5. The highest BCUT2D eigenvalue weighted by Crippen LogP contribution is 2.38. The molecule has 3 aromatic carbocycles. The first-order valence-electron chi connectivity index (χ1n) is 12.6. The van der Waals surface area contributed by atoms with E-state index in [-0.39, 0.29) is 23.4 Å². The zero-order valence-corrected chi connectivity index (χ0v) is 21.6. The number of ether oxygens (including phenoxy) is 1. The van der Waals surface area contributed by atoms with E-state index in [2.05, 4.69) is 23.5 Å². The first kappa shape index (κ1) is 24.4. The topological polar surface area (TPSA) is 75.7 Å². The molecule has 0 aromatic heterocycles. The lowest BCUT2D eigenvalue weighted by molar-refractivity contribution is -0.128. The van der Waals surface area contributed by atoms with Crippen LogP contribution >= 0.6 is 0 Å². The quantitative estimate of drug-likeness (QED) is 0.507. The molecule has 2 atom stereocenters. The summed E-state index contributed by atoms with van der Waals surface area (Å²) >= 11 is 0. The van der Waals surface area contributed by atoms with E-state index in [0.29, 0.717) is 11.4 Å². The van der Waals surface area contributed by atoms with Crippen molar-refractivity contribution in [2.24, 2.45) is 0 Å². The number of nitrogens with one attached hydrogen (secondary N) is 1. The minimum atomic E-state index is -3.88. The van der Waals surface area contributed by atoms with Crippen molar-refractivity contribution in [3.63, 3.8) is 0 Å². The predicted molar refractivity (Wildman–Crippen MR) is 141 cm³/mol. The van der Waals surface area contributed by atoms with Crippen molar-refractivity contribution in [2.45, 2.75) is 63.0 Å². The number of sulfonamides is 1. The molecular weight excluding hydrogens is 472 g/mol. The monoisotopic (exact) mass is 504 g/mol. The highest BCUT2D eigenvalue weighted by atomic mass is 32.2. The standard InChI is InChI=1S/C29H32N2O4S/c1-3-25(23-15-14-21-9-7-8-10-22(21)18-23)30-29(32)28-19-31(26-16-13-20(2)17-27(26)35-28)36(33,34)24-11-5-4-6-12-24/h4-6,11-18,25,28H,3,7-10,19H2,1-2H3,(H,30,32)/t25-,28-/m1/s1. The number of benzene rings is 3. The fraction of sp³-hybridized carbons (Fsp3) is 0.345. The summed E-state index contributed by atoms with van der Waals surface area (Å²) in [4.78, 5) is 13.7. The van der Waals surface area contributed by atoms with Gasteiger partial charge in [-0.25, -0.2) is 8.42 Å². The van der Waals surface area contributed by atoms with Gasteiger partial charge >= 0.3 is 0 Å². The summed E-state index contributed by atoms with van der Waals surface area (Å²) in [5, 5.41) is 3.13. The molecule has 1 aliphatic carbocycles. The molecule has 0 fully saturated rings. The van der Waals surface area contributed by atoms with E-state index in [4.69, 9.17) is 4.74 Å². The summed E-state index contributed by atoms with van der Waals surface area (Å²) in [5.41, 5.74) is 5.20. The molecule has 0 radical (unpaired) electrons. The fourth-order valence-electron chi connectivity index (χ4n) is 5.10. The van der Waals surface area contributed by atoms with Gasteiger partial charge in [0, 0.05) is 0 Å². The van der Waals surface area contributed by atoms with Gasteiger partial charge in [0.1, 0.15) is 5.75 Å². The van der Waals surface area contributed by atoms with Gasteiger partial charge in [0.15, 0.2) is 6.10 Å². The minimum Gasteiger partial charge on any atom is -0.476 e. The Morgan fingerprint density at radius 1 is 1.03 bits per heavy atom. The Morgan fingerprint density at radius 3 is 2.53 bits per heavy atom. The molecule has 36 heavy (non-hydrogen) atoms. The minimum absolute atomic E-state index is 0.0975. The molecule has 0 bridgehead atoms. The average molecular weight is 505 g/mol. The third kappa shape index (κ3) is 4.72. The van der Waals surface area contributed by atoms with Gasteiger partial charge in [-0.3, -0.25) is 9.10 Å². The van der Waals surface area contributed by atoms with Crippen molar-refractivity contribution in [2.75, 3.05) is 10.8 Å². The fourth-order valence-corrected chi connectivity index (χ4v) is 6.60. The molecule has 1 aliphatic heterocycles. The molecule has 1 heterocycles. The van der Waals surface area contributed by atoms with Crippen LogP contribution in [0.1, 0.15) is 54.5 Å². The number of carbonyl (C=O) groups excluding carboxylic acids is 1. The van der Waals surface area contributed by atoms with Crippen LogP contribution in [-0.4, -0.2) is 27.0 Å². The zero-order chi connectivity index (χ0) is 25.3. The van der Waals surface area contributed by atoms with Gasteiger partial charge in [0.05, 0.1) is 23.2 Å². The molecule has 0 saturated carbocycles. The lowest BCUT2D eigenvalue weighted by Crippen LogP contribution is -2.51. The van der Waals surface area contributed by atoms with Gasteiger partial charge in [-0.2, -0.15) is 0 Å². The second kappa shape index (κ2) is 9.97. The van der Waals surface area contributed by atoms with Crippen LogP contribution in [0.2, 0.25) is 0 Å². The average Bonchev–Trinajstić information content (AvgIpc) is 2.91. The van der Waals surface area contributed by atoms with Gasteiger partial charge in [-0.05, 0) is 85.5 Å². The summed E-state index contributed by atoms with van der Waals surface area (Å²) < 4.78 is 34.5. The Balaban J connectivity index is 1.42. The first-order chi connectivity index (χ1) is 17.4. The number of fused-ring (bicyclic) bond motifs is 2. The molecule has 3 aromatic rings. The number of nitrogens with zero attached hydrogens (tertiary/aromatic N) is 1. The van der Waals surface area contributed by atoms with E-state index >= 15 is 0 Å². The number of anilines is 1. The van der Waals surface area contributed by atoms with Crippen molar-refractivity contribution in [3.8, 4) is 5.75 Å². The smallest absolute Gasteiger partial charge is 0.264 e. The van der Waals surface area contributed by atoms with Crippen LogP contribution in [0.25, 0.3) is 0 Å². The van der Waals surface area contributed by atoms with Crippen molar-refractivity contribution in [1.29, 1.82) is 0 Å². The lowest BCUT2D eigenvalue weighted by atomic mass is 9.88. The van der Waals surface area contributed by atoms with Crippen molar-refractivity contribution in [1.82, 2.24) is 5.32 Å². The summed E-state index contributed by atoms with van der Waals surface area (Å²) in [6.07, 6.45) is 4.35. The summed E-state index contributed by atoms with van der Waals surface area (Å²) in [5.74, 6) is 0.0720. The summed E-state index contributed by atoms with van der Waals surface area (Å²) in [7, 11) is -3.88. The molecule has 7 heteroatoms. The van der Waals surface area contributed by atoms with Gasteiger partial charge in [0.25, 0.3) is 15.9 Å². The van der Waals surface area contributed by atoms with Gasteiger partial charge in [0.2, 0.25) is 0 Å². The molecule has 6 nitrogen and oxygen atoms in total. The Hall–Kier alpha value is -3.32. The maximum atomic E-state index is 13.6. The molecule has 0 spiro atoms. The predicted octanol–water partition coefficient (Wildman–Crippen LogP) is 5.10. The normalized spacial score (nSPS) is 17.9. The number of hydrogen-bond donors (Lipinski definition) is 1. The van der Waals surface area contributed by atoms with E-state index < -0.39 is 16.1 Å². The van der Waals surface area contributed by atoms with Crippen LogP contribution < -0.4 is 14.4 Å². The number of carbonyl (C=O) groups is 1. The molecule has 1 N–H and O–H groups in total. The molecule has 0 unspecified atom stereocenters. The van der Waals surface area contributed by atoms with E-state index in [1.165, 1.54) is 28.3 Å². The van der Waals surface area contributed by atoms with Gasteiger partial charge < -0.3 is 10.1 Å². The SMILES string of the molecule is CC[C@@H](NC(=O)[C@H]1CN(S(=O)(=O)c2ccccc2)c2ccc(C)cc2O1)c1ccc2c(c1)CCCC2. The molecule has 0 saturated heterocycles. The Labute approximate surface area is 213 Å². The summed E-state index contributed by atoms with van der Waals surface area (Å²) in [6, 6.07) is 20.0. The number of aryl methyl sites for hydroxylation is 3. The first-order valence-corrected chi connectivity index (χ1v) is 14.1. The highest BCUT2D eigenvalue weighted by Gasteiger charge is 2.38. The lowest BCUT2D eigenvalue weighted by Gasteiger charge is -2.35. The Bertz CT molecular complexity index is 1370. The van der Waals surface area contributed by atoms with Crippen LogP contribution in [0.4, 0.5) is 5.69 Å². The molecular formula is C29H32N2O4S.